The standard InChI is InChI=1S/C15H19N5O4S/c21-8-7-18-3-5-19(6-4-18)10-14(22)17-15-16-12-2-1-11(20(23)24)9-13(12)25-15/h1-2,9,21H,3-8,10H2,(H,16,17,22). The van der Waals surface area contributed by atoms with E-state index in [9.17, 15) is 14.9 Å². The fourth-order valence-corrected chi connectivity index (χ4v) is 3.67. The minimum atomic E-state index is -0.451. The number of hydrogen-bond acceptors (Lipinski definition) is 8. The van der Waals surface area contributed by atoms with Crippen LogP contribution in [0.2, 0.25) is 0 Å². The fourth-order valence-electron chi connectivity index (χ4n) is 2.75. The van der Waals surface area contributed by atoms with Gasteiger partial charge < -0.3 is 10.4 Å². The Labute approximate surface area is 148 Å². The first kappa shape index (κ1) is 17.7. The minimum absolute atomic E-state index is 0.00905. The summed E-state index contributed by atoms with van der Waals surface area (Å²) in [5.41, 5.74) is 0.637. The Morgan fingerprint density at radius 1 is 1.32 bits per heavy atom. The van der Waals surface area contributed by atoms with Crippen molar-refractivity contribution in [1.82, 2.24) is 14.8 Å². The molecule has 0 unspecified atom stereocenters. The Kier molecular flexibility index (Phi) is 5.53. The number of hydrogen-bond donors (Lipinski definition) is 2. The van der Waals surface area contributed by atoms with E-state index in [1.54, 1.807) is 6.07 Å². The molecule has 0 saturated carbocycles. The zero-order valence-corrected chi connectivity index (χ0v) is 14.4. The molecule has 0 spiro atoms. The van der Waals surface area contributed by atoms with Crippen LogP contribution in [0.25, 0.3) is 10.2 Å². The van der Waals surface area contributed by atoms with Gasteiger partial charge in [0.05, 0.1) is 28.3 Å². The molecule has 25 heavy (non-hydrogen) atoms. The molecule has 2 N–H and O–H groups in total. The number of piperazine rings is 1. The number of aliphatic hydroxyl groups excluding tert-OH is 1. The van der Waals surface area contributed by atoms with Gasteiger partial charge in [-0.15, -0.1) is 0 Å². The second-order valence-corrected chi connectivity index (χ2v) is 6.85. The lowest BCUT2D eigenvalue weighted by atomic mass is 10.3. The third kappa shape index (κ3) is 4.48. The van der Waals surface area contributed by atoms with Crippen molar-refractivity contribution >= 4 is 38.3 Å². The zero-order chi connectivity index (χ0) is 17.8. The van der Waals surface area contributed by atoms with Gasteiger partial charge in [0.1, 0.15) is 0 Å². The third-order valence-electron chi connectivity index (χ3n) is 4.08. The molecule has 1 aliphatic heterocycles. The van der Waals surface area contributed by atoms with Crippen molar-refractivity contribution in [2.75, 3.05) is 51.2 Å². The number of nitrogens with zero attached hydrogens (tertiary/aromatic N) is 4. The number of anilines is 1. The summed E-state index contributed by atoms with van der Waals surface area (Å²) >= 11 is 1.22. The van der Waals surface area contributed by atoms with Gasteiger partial charge in [-0.25, -0.2) is 4.98 Å². The van der Waals surface area contributed by atoms with Gasteiger partial charge in [-0.3, -0.25) is 24.7 Å². The summed E-state index contributed by atoms with van der Waals surface area (Å²) < 4.78 is 0.669. The van der Waals surface area contributed by atoms with Crippen molar-refractivity contribution in [3.05, 3.63) is 28.3 Å². The highest BCUT2D eigenvalue weighted by Crippen LogP contribution is 2.29. The molecule has 1 aromatic carbocycles. The molecule has 0 aliphatic carbocycles. The molecule has 0 radical (unpaired) electrons. The summed E-state index contributed by atoms with van der Waals surface area (Å²) in [6.07, 6.45) is 0. The molecule has 3 rings (SSSR count). The maximum Gasteiger partial charge on any atom is 0.270 e. The maximum atomic E-state index is 12.2. The van der Waals surface area contributed by atoms with Crippen molar-refractivity contribution in [2.24, 2.45) is 0 Å². The number of non-ortho nitro benzene ring substituents is 1. The molecule has 0 bridgehead atoms. The van der Waals surface area contributed by atoms with Crippen LogP contribution < -0.4 is 5.32 Å². The Morgan fingerprint density at radius 2 is 2.04 bits per heavy atom. The Bertz CT molecular complexity index is 772. The molecular formula is C15H19N5O4S. The summed E-state index contributed by atoms with van der Waals surface area (Å²) in [6, 6.07) is 4.45. The average molecular weight is 365 g/mol. The number of carbonyl (C=O) groups is 1. The highest BCUT2D eigenvalue weighted by atomic mass is 32.1. The summed E-state index contributed by atoms with van der Waals surface area (Å²) in [5.74, 6) is -0.149. The van der Waals surface area contributed by atoms with Gasteiger partial charge in [0, 0.05) is 44.9 Å². The van der Waals surface area contributed by atoms with Crippen LogP contribution in [0.1, 0.15) is 0 Å². The molecule has 1 amide bonds. The molecular weight excluding hydrogens is 346 g/mol. The maximum absolute atomic E-state index is 12.2. The van der Waals surface area contributed by atoms with Crippen LogP contribution in [0, 0.1) is 10.1 Å². The highest BCUT2D eigenvalue weighted by molar-refractivity contribution is 7.22. The molecule has 1 fully saturated rings. The van der Waals surface area contributed by atoms with Crippen LogP contribution in [0.5, 0.6) is 0 Å². The Hall–Kier alpha value is -2.14. The number of nitro groups is 1. The zero-order valence-electron chi connectivity index (χ0n) is 13.6. The van der Waals surface area contributed by atoms with Crippen molar-refractivity contribution in [2.45, 2.75) is 0 Å². The monoisotopic (exact) mass is 365 g/mol. The lowest BCUT2D eigenvalue weighted by molar-refractivity contribution is -0.384. The second kappa shape index (κ2) is 7.83. The highest BCUT2D eigenvalue weighted by Gasteiger charge is 2.19. The molecule has 1 saturated heterocycles. The molecule has 0 atom stereocenters. The van der Waals surface area contributed by atoms with E-state index in [-0.39, 0.29) is 24.7 Å². The van der Waals surface area contributed by atoms with Gasteiger partial charge in [-0.2, -0.15) is 0 Å². The van der Waals surface area contributed by atoms with Gasteiger partial charge in [0.15, 0.2) is 5.13 Å². The van der Waals surface area contributed by atoms with Crippen LogP contribution in [0.4, 0.5) is 10.8 Å². The van der Waals surface area contributed by atoms with Crippen molar-refractivity contribution in [1.29, 1.82) is 0 Å². The average Bonchev–Trinajstić information content (AvgIpc) is 2.97. The SMILES string of the molecule is O=C(CN1CCN(CCO)CC1)Nc1nc2ccc([N+](=O)[O-])cc2s1. The number of β-amino-alcohol motifs (C(OH)–C–C–N with tert-alkyl or cyclic N) is 1. The largest absolute Gasteiger partial charge is 0.395 e. The smallest absolute Gasteiger partial charge is 0.270 e. The Balaban J connectivity index is 1.56. The van der Waals surface area contributed by atoms with Gasteiger partial charge in [-0.05, 0) is 6.07 Å². The lowest BCUT2D eigenvalue weighted by Gasteiger charge is -2.33. The molecule has 2 heterocycles. The number of amides is 1. The van der Waals surface area contributed by atoms with E-state index in [0.717, 1.165) is 26.2 Å². The van der Waals surface area contributed by atoms with Crippen LogP contribution in [-0.4, -0.2) is 76.6 Å². The van der Waals surface area contributed by atoms with E-state index < -0.39 is 4.92 Å². The summed E-state index contributed by atoms with van der Waals surface area (Å²) in [5, 5.41) is 23.0. The summed E-state index contributed by atoms with van der Waals surface area (Å²) in [7, 11) is 0. The number of aromatic nitrogens is 1. The minimum Gasteiger partial charge on any atom is -0.395 e. The number of fused-ring (bicyclic) bond motifs is 1. The normalized spacial score (nSPS) is 16.2. The fraction of sp³-hybridized carbons (Fsp3) is 0.467. The predicted molar refractivity (Wildman–Crippen MR) is 94.9 cm³/mol. The van der Waals surface area contributed by atoms with Crippen LogP contribution in [-0.2, 0) is 4.79 Å². The van der Waals surface area contributed by atoms with Crippen molar-refractivity contribution < 1.29 is 14.8 Å². The lowest BCUT2D eigenvalue weighted by Crippen LogP contribution is -2.49. The summed E-state index contributed by atoms with van der Waals surface area (Å²) in [6.45, 7) is 4.31. The quantitative estimate of drug-likeness (QED) is 0.574. The first-order valence-corrected chi connectivity index (χ1v) is 8.77. The van der Waals surface area contributed by atoms with Gasteiger partial charge in [-0.1, -0.05) is 11.3 Å². The van der Waals surface area contributed by atoms with Crippen LogP contribution in [0.15, 0.2) is 18.2 Å². The second-order valence-electron chi connectivity index (χ2n) is 5.82. The first-order chi connectivity index (χ1) is 12.0. The van der Waals surface area contributed by atoms with Crippen molar-refractivity contribution in [3.8, 4) is 0 Å². The number of aliphatic hydroxyl groups is 1. The van der Waals surface area contributed by atoms with E-state index in [2.05, 4.69) is 20.1 Å². The first-order valence-electron chi connectivity index (χ1n) is 7.95. The van der Waals surface area contributed by atoms with E-state index in [4.69, 9.17) is 5.11 Å². The Morgan fingerprint density at radius 3 is 2.72 bits per heavy atom. The number of benzene rings is 1. The third-order valence-corrected chi connectivity index (χ3v) is 5.01. The number of nitro benzene ring substituents is 1. The van der Waals surface area contributed by atoms with Gasteiger partial charge in [0.25, 0.3) is 5.69 Å². The van der Waals surface area contributed by atoms with E-state index in [1.165, 1.54) is 23.5 Å². The topological polar surface area (TPSA) is 112 Å². The molecule has 1 aromatic heterocycles. The van der Waals surface area contributed by atoms with Gasteiger partial charge >= 0.3 is 0 Å². The molecule has 134 valence electrons. The van der Waals surface area contributed by atoms with Crippen molar-refractivity contribution in [3.63, 3.8) is 0 Å². The summed E-state index contributed by atoms with van der Waals surface area (Å²) in [4.78, 5) is 31.1. The molecule has 1 aliphatic rings. The van der Waals surface area contributed by atoms with E-state index in [0.29, 0.717) is 21.9 Å². The predicted octanol–water partition coefficient (Wildman–Crippen LogP) is 0.753. The van der Waals surface area contributed by atoms with Crippen LogP contribution >= 0.6 is 11.3 Å². The van der Waals surface area contributed by atoms with Crippen LogP contribution in [0.3, 0.4) is 0 Å². The molecule has 9 nitrogen and oxygen atoms in total. The molecule has 10 heteroatoms. The van der Waals surface area contributed by atoms with E-state index >= 15 is 0 Å². The molecule has 2 aromatic rings. The van der Waals surface area contributed by atoms with E-state index in [1.807, 2.05) is 0 Å². The van der Waals surface area contributed by atoms with Gasteiger partial charge in [0.2, 0.25) is 5.91 Å². The number of nitrogens with one attached hydrogen (secondary N) is 1. The number of carbonyl (C=O) groups excluding carboxylic acids is 1. The number of rotatable bonds is 6. The number of thiazole rings is 1.